The molecule has 13 heavy (non-hydrogen) atoms. The lowest BCUT2D eigenvalue weighted by Gasteiger charge is -2.30. The molecule has 0 aromatic rings. The molecule has 3 N–H and O–H groups in total. The molecule has 76 valence electrons. The summed E-state index contributed by atoms with van der Waals surface area (Å²) in [5.74, 6) is 0. The number of hydrogen-bond donors (Lipinski definition) is 2. The second-order valence-corrected chi connectivity index (χ2v) is 3.46. The minimum absolute atomic E-state index is 0.250. The van der Waals surface area contributed by atoms with Crippen LogP contribution in [-0.4, -0.2) is 12.6 Å². The molecule has 2 heteroatoms. The maximum Gasteiger partial charge on any atom is 0.0732 e. The smallest absolute Gasteiger partial charge is 0.0732 e. The molecule has 0 rings (SSSR count). The predicted molar refractivity (Wildman–Crippen MR) is 58.4 cm³/mol. The third-order valence-electron chi connectivity index (χ3n) is 2.32. The summed E-state index contributed by atoms with van der Waals surface area (Å²) in [6.45, 7) is 7.95. The highest BCUT2D eigenvalue weighted by molar-refractivity contribution is 5.15. The molecule has 0 saturated carbocycles. The molecule has 0 aromatic heterocycles. The average Bonchev–Trinajstić information content (AvgIpc) is 2.07. The lowest BCUT2D eigenvalue weighted by Crippen LogP contribution is -2.45. The Balaban J connectivity index is 4.64. The van der Waals surface area contributed by atoms with E-state index in [-0.39, 0.29) is 5.54 Å². The molecular formula is C11H22N2. The van der Waals surface area contributed by atoms with Gasteiger partial charge in [0.05, 0.1) is 11.2 Å². The highest BCUT2D eigenvalue weighted by atomic mass is 14.9. The summed E-state index contributed by atoms with van der Waals surface area (Å²) >= 11 is 0. The van der Waals surface area contributed by atoms with Crippen molar-refractivity contribution in [3.05, 3.63) is 18.0 Å². The van der Waals surface area contributed by atoms with Crippen LogP contribution < -0.4 is 11.1 Å². The fourth-order valence-electron chi connectivity index (χ4n) is 1.78. The molecule has 0 aliphatic heterocycles. The first-order valence-electron chi connectivity index (χ1n) is 5.01. The van der Waals surface area contributed by atoms with Gasteiger partial charge in [-0.25, -0.2) is 0 Å². The molecule has 0 fully saturated rings. The van der Waals surface area contributed by atoms with Crippen LogP contribution in [0.5, 0.6) is 0 Å². The van der Waals surface area contributed by atoms with Crippen molar-refractivity contribution in [3.8, 4) is 0 Å². The van der Waals surface area contributed by atoms with Gasteiger partial charge in [0, 0.05) is 7.05 Å². The SMILES string of the molecule is C=C=C(NC)C(N)(CCC)CCC. The largest absolute Gasteiger partial charge is 0.384 e. The molecule has 0 amide bonds. The van der Waals surface area contributed by atoms with Gasteiger partial charge in [-0.2, -0.15) is 0 Å². The van der Waals surface area contributed by atoms with Crippen molar-refractivity contribution in [2.75, 3.05) is 7.05 Å². The van der Waals surface area contributed by atoms with Gasteiger partial charge in [-0.05, 0) is 12.8 Å². The van der Waals surface area contributed by atoms with Crippen LogP contribution >= 0.6 is 0 Å². The quantitative estimate of drug-likeness (QED) is 0.618. The summed E-state index contributed by atoms with van der Waals surface area (Å²) in [5.41, 5.74) is 9.87. The van der Waals surface area contributed by atoms with E-state index in [1.54, 1.807) is 0 Å². The number of hydrogen-bond acceptors (Lipinski definition) is 2. The Labute approximate surface area is 81.9 Å². The van der Waals surface area contributed by atoms with Crippen molar-refractivity contribution >= 4 is 0 Å². The van der Waals surface area contributed by atoms with Crippen molar-refractivity contribution in [3.63, 3.8) is 0 Å². The first-order valence-corrected chi connectivity index (χ1v) is 5.01. The van der Waals surface area contributed by atoms with Crippen LogP contribution in [0.15, 0.2) is 18.0 Å². The van der Waals surface area contributed by atoms with Crippen LogP contribution in [0.2, 0.25) is 0 Å². The van der Waals surface area contributed by atoms with Crippen molar-refractivity contribution < 1.29 is 0 Å². The normalized spacial score (nSPS) is 10.8. The fourth-order valence-corrected chi connectivity index (χ4v) is 1.78. The average molecular weight is 182 g/mol. The summed E-state index contributed by atoms with van der Waals surface area (Å²) in [5, 5.41) is 3.08. The molecule has 0 bridgehead atoms. The minimum Gasteiger partial charge on any atom is -0.384 e. The second-order valence-electron chi connectivity index (χ2n) is 3.46. The van der Waals surface area contributed by atoms with E-state index in [1.807, 2.05) is 7.05 Å². The van der Waals surface area contributed by atoms with E-state index in [9.17, 15) is 0 Å². The van der Waals surface area contributed by atoms with E-state index in [0.717, 1.165) is 31.4 Å². The van der Waals surface area contributed by atoms with Gasteiger partial charge < -0.3 is 11.1 Å². The lowest BCUT2D eigenvalue weighted by atomic mass is 9.86. The van der Waals surface area contributed by atoms with Crippen LogP contribution in [0.4, 0.5) is 0 Å². The number of rotatable bonds is 6. The van der Waals surface area contributed by atoms with Crippen LogP contribution in [0.3, 0.4) is 0 Å². The molecular weight excluding hydrogens is 160 g/mol. The van der Waals surface area contributed by atoms with Gasteiger partial charge in [0.2, 0.25) is 0 Å². The molecule has 0 aliphatic rings. The van der Waals surface area contributed by atoms with Gasteiger partial charge in [-0.15, -0.1) is 5.73 Å². The zero-order valence-electron chi connectivity index (χ0n) is 9.11. The first-order chi connectivity index (χ1) is 6.14. The Hall–Kier alpha value is -0.720. The standard InChI is InChI=1S/C11H22N2/c1-5-8-11(12,9-6-2)10(7-3)13-4/h13H,3,5-6,8-9,12H2,1-2,4H3. The van der Waals surface area contributed by atoms with Gasteiger partial charge in [0.1, 0.15) is 0 Å². The third kappa shape index (κ3) is 3.25. The van der Waals surface area contributed by atoms with Crippen LogP contribution in [-0.2, 0) is 0 Å². The summed E-state index contributed by atoms with van der Waals surface area (Å²) in [6.07, 6.45) is 4.14. The summed E-state index contributed by atoms with van der Waals surface area (Å²) in [4.78, 5) is 0. The molecule has 0 atom stereocenters. The molecule has 0 aliphatic carbocycles. The summed E-state index contributed by atoms with van der Waals surface area (Å²) < 4.78 is 0. The molecule has 0 radical (unpaired) electrons. The maximum atomic E-state index is 6.28. The Morgan fingerprint density at radius 2 is 1.85 bits per heavy atom. The molecule has 0 heterocycles. The van der Waals surface area contributed by atoms with Gasteiger partial charge in [0.25, 0.3) is 0 Å². The Bertz CT molecular complexity index is 184. The Kier molecular flexibility index (Phi) is 5.52. The van der Waals surface area contributed by atoms with Crippen molar-refractivity contribution in [1.29, 1.82) is 0 Å². The summed E-state index contributed by atoms with van der Waals surface area (Å²) in [6, 6.07) is 0. The lowest BCUT2D eigenvalue weighted by molar-refractivity contribution is 0.400. The Morgan fingerprint density at radius 3 is 2.08 bits per heavy atom. The first kappa shape index (κ1) is 12.3. The molecule has 0 spiro atoms. The van der Waals surface area contributed by atoms with Gasteiger partial charge >= 0.3 is 0 Å². The molecule has 0 aromatic carbocycles. The van der Waals surface area contributed by atoms with E-state index in [4.69, 9.17) is 5.73 Å². The van der Waals surface area contributed by atoms with Gasteiger partial charge in [0.15, 0.2) is 0 Å². The van der Waals surface area contributed by atoms with Crippen LogP contribution in [0.25, 0.3) is 0 Å². The number of nitrogens with two attached hydrogens (primary N) is 1. The topological polar surface area (TPSA) is 38.0 Å². The van der Waals surface area contributed by atoms with Crippen LogP contribution in [0, 0.1) is 0 Å². The van der Waals surface area contributed by atoms with Crippen molar-refractivity contribution in [2.45, 2.75) is 45.1 Å². The third-order valence-corrected chi connectivity index (χ3v) is 2.32. The van der Waals surface area contributed by atoms with Gasteiger partial charge in [-0.3, -0.25) is 0 Å². The van der Waals surface area contributed by atoms with Gasteiger partial charge in [-0.1, -0.05) is 33.3 Å². The molecule has 0 saturated heterocycles. The summed E-state index contributed by atoms with van der Waals surface area (Å²) in [7, 11) is 1.88. The fraction of sp³-hybridized carbons (Fsp3) is 0.727. The predicted octanol–water partition coefficient (Wildman–Crippen LogP) is 2.17. The second kappa shape index (κ2) is 5.85. The van der Waals surface area contributed by atoms with E-state index < -0.39 is 0 Å². The highest BCUT2D eigenvalue weighted by Crippen LogP contribution is 2.22. The Morgan fingerprint density at radius 1 is 1.38 bits per heavy atom. The van der Waals surface area contributed by atoms with Crippen molar-refractivity contribution in [2.24, 2.45) is 5.73 Å². The maximum absolute atomic E-state index is 6.28. The molecule has 2 nitrogen and oxygen atoms in total. The number of nitrogens with one attached hydrogen (secondary N) is 1. The zero-order chi connectivity index (χ0) is 10.3. The monoisotopic (exact) mass is 182 g/mol. The van der Waals surface area contributed by atoms with E-state index in [2.05, 4.69) is 31.5 Å². The molecule has 0 unspecified atom stereocenters. The number of likely N-dealkylation sites (N-methyl/N-ethyl adjacent to an activating group) is 1. The van der Waals surface area contributed by atoms with Crippen LogP contribution in [0.1, 0.15) is 39.5 Å². The van der Waals surface area contributed by atoms with E-state index in [0.29, 0.717) is 0 Å². The van der Waals surface area contributed by atoms with E-state index in [1.165, 1.54) is 0 Å². The van der Waals surface area contributed by atoms with Crippen molar-refractivity contribution in [1.82, 2.24) is 5.32 Å². The van der Waals surface area contributed by atoms with E-state index >= 15 is 0 Å². The minimum atomic E-state index is -0.250. The zero-order valence-corrected chi connectivity index (χ0v) is 9.11. The highest BCUT2D eigenvalue weighted by Gasteiger charge is 2.26.